The van der Waals surface area contributed by atoms with Crippen LogP contribution >= 0.6 is 15.9 Å². The van der Waals surface area contributed by atoms with Crippen molar-refractivity contribution in [3.63, 3.8) is 0 Å². The van der Waals surface area contributed by atoms with E-state index in [1.54, 1.807) is 6.20 Å². The lowest BCUT2D eigenvalue weighted by molar-refractivity contribution is 0.283. The van der Waals surface area contributed by atoms with E-state index < -0.39 is 6.17 Å². The van der Waals surface area contributed by atoms with E-state index in [1.165, 1.54) is 0 Å². The summed E-state index contributed by atoms with van der Waals surface area (Å²) in [4.78, 5) is 4.15. The van der Waals surface area contributed by atoms with Crippen molar-refractivity contribution >= 4 is 15.9 Å². The van der Waals surface area contributed by atoms with Crippen molar-refractivity contribution in [2.45, 2.75) is 38.9 Å². The van der Waals surface area contributed by atoms with Crippen LogP contribution in [0.1, 0.15) is 26.5 Å². The second-order valence-electron chi connectivity index (χ2n) is 4.90. The molecule has 0 amide bonds. The Balaban J connectivity index is 2.39. The molecule has 1 heterocycles. The van der Waals surface area contributed by atoms with Gasteiger partial charge in [-0.05, 0) is 48.8 Å². The fourth-order valence-electron chi connectivity index (χ4n) is 1.24. The third-order valence-corrected chi connectivity index (χ3v) is 2.54. The molecular weight excluding hydrogens is 271 g/mol. The molecule has 16 heavy (non-hydrogen) atoms. The van der Waals surface area contributed by atoms with Crippen molar-refractivity contribution in [2.24, 2.45) is 0 Å². The molecule has 0 radical (unpaired) electrons. The van der Waals surface area contributed by atoms with E-state index in [4.69, 9.17) is 0 Å². The summed E-state index contributed by atoms with van der Waals surface area (Å²) in [5, 5.41) is 3.14. The van der Waals surface area contributed by atoms with Gasteiger partial charge in [-0.2, -0.15) is 0 Å². The Kier molecular flexibility index (Phi) is 4.87. The summed E-state index contributed by atoms with van der Waals surface area (Å²) < 4.78 is 14.5. The van der Waals surface area contributed by atoms with E-state index in [-0.39, 0.29) is 5.54 Å². The maximum Gasteiger partial charge on any atom is 0.118 e. The number of aromatic nitrogens is 1. The molecule has 1 rings (SSSR count). The maximum atomic E-state index is 13.6. The van der Waals surface area contributed by atoms with Crippen molar-refractivity contribution in [1.29, 1.82) is 0 Å². The van der Waals surface area contributed by atoms with Gasteiger partial charge < -0.3 is 5.32 Å². The zero-order valence-electron chi connectivity index (χ0n) is 9.93. The highest BCUT2D eigenvalue weighted by atomic mass is 79.9. The molecule has 2 nitrogen and oxygen atoms in total. The van der Waals surface area contributed by atoms with Gasteiger partial charge >= 0.3 is 0 Å². The molecule has 0 saturated carbocycles. The van der Waals surface area contributed by atoms with Crippen LogP contribution in [0.5, 0.6) is 0 Å². The molecule has 0 spiro atoms. The topological polar surface area (TPSA) is 24.9 Å². The normalized spacial score (nSPS) is 13.8. The predicted octanol–water partition coefficient (Wildman–Crippen LogP) is 3.11. The summed E-state index contributed by atoms with van der Waals surface area (Å²) >= 11 is 3.30. The average molecular weight is 289 g/mol. The number of nitrogens with zero attached hydrogens (tertiary/aromatic N) is 1. The Morgan fingerprint density at radius 2 is 2.12 bits per heavy atom. The summed E-state index contributed by atoms with van der Waals surface area (Å²) in [6, 6.07) is 3.72. The third-order valence-electron chi connectivity index (χ3n) is 2.07. The van der Waals surface area contributed by atoms with Gasteiger partial charge in [-0.3, -0.25) is 4.98 Å². The molecule has 0 bridgehead atoms. The van der Waals surface area contributed by atoms with E-state index in [0.717, 1.165) is 10.2 Å². The van der Waals surface area contributed by atoms with E-state index in [0.29, 0.717) is 13.0 Å². The summed E-state index contributed by atoms with van der Waals surface area (Å²) in [6.45, 7) is 6.44. The van der Waals surface area contributed by atoms with E-state index in [2.05, 4.69) is 26.2 Å². The summed E-state index contributed by atoms with van der Waals surface area (Å²) in [7, 11) is 0. The van der Waals surface area contributed by atoms with Crippen LogP contribution < -0.4 is 5.32 Å². The van der Waals surface area contributed by atoms with Crippen LogP contribution in [-0.2, 0) is 6.42 Å². The first-order chi connectivity index (χ1) is 7.37. The molecule has 0 aromatic carbocycles. The number of rotatable bonds is 4. The third kappa shape index (κ3) is 5.56. The van der Waals surface area contributed by atoms with Crippen molar-refractivity contribution in [2.75, 3.05) is 6.54 Å². The highest BCUT2D eigenvalue weighted by molar-refractivity contribution is 9.10. The predicted molar refractivity (Wildman–Crippen MR) is 68.3 cm³/mol. The number of hydrogen-bond donors (Lipinski definition) is 1. The lowest BCUT2D eigenvalue weighted by atomic mass is 10.1. The Morgan fingerprint density at radius 3 is 2.62 bits per heavy atom. The fourth-order valence-corrected chi connectivity index (χ4v) is 1.48. The molecule has 1 unspecified atom stereocenters. The first-order valence-electron chi connectivity index (χ1n) is 5.36. The van der Waals surface area contributed by atoms with Crippen LogP contribution in [0.3, 0.4) is 0 Å². The smallest absolute Gasteiger partial charge is 0.118 e. The summed E-state index contributed by atoms with van der Waals surface area (Å²) in [5.74, 6) is 0. The average Bonchev–Trinajstić information content (AvgIpc) is 2.18. The van der Waals surface area contributed by atoms with Crippen LogP contribution in [0.2, 0.25) is 0 Å². The summed E-state index contributed by atoms with van der Waals surface area (Å²) in [5.41, 5.74) is 0.740. The standard InChI is InChI=1S/C12H18BrFN2/c1-12(2,3)16-8-10(14)6-11-5-4-9(13)7-15-11/h4-5,7,10,16H,6,8H2,1-3H3. The largest absolute Gasteiger partial charge is 0.309 e. The van der Waals surface area contributed by atoms with Gasteiger partial charge in [-0.1, -0.05) is 0 Å². The van der Waals surface area contributed by atoms with Gasteiger partial charge in [0.1, 0.15) is 6.17 Å². The molecule has 0 aliphatic carbocycles. The Hall–Kier alpha value is -0.480. The number of halogens is 2. The van der Waals surface area contributed by atoms with E-state index in [1.807, 2.05) is 32.9 Å². The van der Waals surface area contributed by atoms with Crippen LogP contribution in [0.4, 0.5) is 4.39 Å². The second kappa shape index (κ2) is 5.73. The van der Waals surface area contributed by atoms with E-state index in [9.17, 15) is 4.39 Å². The zero-order chi connectivity index (χ0) is 12.2. The minimum atomic E-state index is -0.895. The Labute approximate surface area is 105 Å². The molecule has 4 heteroatoms. The molecule has 1 atom stereocenters. The SMILES string of the molecule is CC(C)(C)NCC(F)Cc1ccc(Br)cn1. The molecule has 1 aromatic heterocycles. The minimum Gasteiger partial charge on any atom is -0.309 e. The first kappa shape index (κ1) is 13.6. The van der Waals surface area contributed by atoms with Gasteiger partial charge in [0, 0.05) is 34.9 Å². The summed E-state index contributed by atoms with van der Waals surface area (Å²) in [6.07, 6.45) is 1.16. The Bertz CT molecular complexity index is 319. The molecule has 0 aliphatic heterocycles. The van der Waals surface area contributed by atoms with Gasteiger partial charge in [0.2, 0.25) is 0 Å². The van der Waals surface area contributed by atoms with Crippen molar-refractivity contribution in [3.8, 4) is 0 Å². The minimum absolute atomic E-state index is 0.0442. The van der Waals surface area contributed by atoms with Gasteiger partial charge in [0.05, 0.1) is 0 Å². The number of nitrogens with one attached hydrogen (secondary N) is 1. The Morgan fingerprint density at radius 1 is 1.44 bits per heavy atom. The van der Waals surface area contributed by atoms with Crippen LogP contribution in [0, 0.1) is 0 Å². The molecule has 0 saturated heterocycles. The maximum absolute atomic E-state index is 13.6. The number of hydrogen-bond acceptors (Lipinski definition) is 2. The molecule has 0 aliphatic rings. The molecule has 1 N–H and O–H groups in total. The highest BCUT2D eigenvalue weighted by Crippen LogP contribution is 2.10. The lowest BCUT2D eigenvalue weighted by Gasteiger charge is -2.21. The van der Waals surface area contributed by atoms with Crippen LogP contribution in [-0.4, -0.2) is 23.2 Å². The van der Waals surface area contributed by atoms with E-state index >= 15 is 0 Å². The zero-order valence-corrected chi connectivity index (χ0v) is 11.5. The van der Waals surface area contributed by atoms with Crippen LogP contribution in [0.25, 0.3) is 0 Å². The van der Waals surface area contributed by atoms with Gasteiger partial charge in [-0.15, -0.1) is 0 Å². The molecular formula is C12H18BrFN2. The fraction of sp³-hybridized carbons (Fsp3) is 0.583. The highest BCUT2D eigenvalue weighted by Gasteiger charge is 2.14. The van der Waals surface area contributed by atoms with Crippen LogP contribution in [0.15, 0.2) is 22.8 Å². The van der Waals surface area contributed by atoms with Gasteiger partial charge in [0.15, 0.2) is 0 Å². The quantitative estimate of drug-likeness (QED) is 0.921. The number of pyridine rings is 1. The second-order valence-corrected chi connectivity index (χ2v) is 5.82. The van der Waals surface area contributed by atoms with Crippen molar-refractivity contribution in [3.05, 3.63) is 28.5 Å². The first-order valence-corrected chi connectivity index (χ1v) is 6.15. The number of alkyl halides is 1. The lowest BCUT2D eigenvalue weighted by Crippen LogP contribution is -2.40. The molecule has 90 valence electrons. The van der Waals surface area contributed by atoms with Crippen molar-refractivity contribution < 1.29 is 4.39 Å². The molecule has 1 aromatic rings. The van der Waals surface area contributed by atoms with Crippen molar-refractivity contribution in [1.82, 2.24) is 10.3 Å². The van der Waals surface area contributed by atoms with Gasteiger partial charge in [0.25, 0.3) is 0 Å². The van der Waals surface area contributed by atoms with Gasteiger partial charge in [-0.25, -0.2) is 4.39 Å². The monoisotopic (exact) mass is 288 g/mol. The molecule has 0 fully saturated rings.